The molecule has 0 atom stereocenters. The molecule has 0 aliphatic heterocycles. The van der Waals surface area contributed by atoms with Gasteiger partial charge >= 0.3 is 0 Å². The number of nitrogens with one attached hydrogen (secondary N) is 1. The zero-order valence-corrected chi connectivity index (χ0v) is 12.2. The molecule has 1 aromatic heterocycles. The summed E-state index contributed by atoms with van der Waals surface area (Å²) in [6, 6.07) is 7.54. The van der Waals surface area contributed by atoms with Gasteiger partial charge in [-0.25, -0.2) is 4.98 Å². The van der Waals surface area contributed by atoms with Crippen LogP contribution in [-0.2, 0) is 6.42 Å². The van der Waals surface area contributed by atoms with Gasteiger partial charge < -0.3 is 14.8 Å². The lowest BCUT2D eigenvalue weighted by Gasteiger charge is -2.11. The Balaban J connectivity index is 2.34. The molecule has 0 amide bonds. The minimum Gasteiger partial charge on any atom is -0.493 e. The van der Waals surface area contributed by atoms with Gasteiger partial charge in [0.05, 0.1) is 7.11 Å². The molecule has 5 heteroatoms. The lowest BCUT2D eigenvalue weighted by atomic mass is 10.2. The average Bonchev–Trinajstić information content (AvgIpc) is 2.48. The molecule has 1 aromatic carbocycles. The molecule has 2 rings (SSSR count). The quantitative estimate of drug-likeness (QED) is 0.906. The Morgan fingerprint density at radius 1 is 1.15 bits per heavy atom. The fourth-order valence-electron chi connectivity index (χ4n) is 1.78. The summed E-state index contributed by atoms with van der Waals surface area (Å²) < 4.78 is 11.2. The molecule has 0 spiro atoms. The molecule has 20 heavy (non-hydrogen) atoms. The highest BCUT2D eigenvalue weighted by molar-refractivity contribution is 5.46. The van der Waals surface area contributed by atoms with Crippen molar-refractivity contribution in [2.75, 3.05) is 19.5 Å². The summed E-state index contributed by atoms with van der Waals surface area (Å²) in [4.78, 5) is 8.70. The van der Waals surface area contributed by atoms with Gasteiger partial charge in [-0.05, 0) is 24.6 Å². The summed E-state index contributed by atoms with van der Waals surface area (Å²) >= 11 is 0. The van der Waals surface area contributed by atoms with Crippen molar-refractivity contribution in [1.29, 1.82) is 0 Å². The number of benzene rings is 1. The van der Waals surface area contributed by atoms with E-state index in [0.717, 1.165) is 23.6 Å². The summed E-state index contributed by atoms with van der Waals surface area (Å²) in [5, 5.41) is 3.00. The molecule has 0 saturated heterocycles. The second-order valence-electron chi connectivity index (χ2n) is 4.37. The monoisotopic (exact) mass is 273 g/mol. The lowest BCUT2D eigenvalue weighted by molar-refractivity contribution is 0.373. The lowest BCUT2D eigenvalue weighted by Crippen LogP contribution is -2.01. The Kier molecular flexibility index (Phi) is 4.40. The third kappa shape index (κ3) is 3.17. The van der Waals surface area contributed by atoms with Crippen molar-refractivity contribution in [3.8, 4) is 17.4 Å². The Morgan fingerprint density at radius 2 is 1.95 bits per heavy atom. The minimum absolute atomic E-state index is 0.503. The first-order chi connectivity index (χ1) is 9.66. The van der Waals surface area contributed by atoms with Gasteiger partial charge in [0.2, 0.25) is 5.88 Å². The molecule has 2 aromatic rings. The molecule has 0 unspecified atom stereocenters. The van der Waals surface area contributed by atoms with Gasteiger partial charge in [0.1, 0.15) is 11.6 Å². The number of aromatic nitrogens is 2. The zero-order chi connectivity index (χ0) is 14.5. The largest absolute Gasteiger partial charge is 0.493 e. The van der Waals surface area contributed by atoms with E-state index >= 15 is 0 Å². The van der Waals surface area contributed by atoms with Crippen molar-refractivity contribution in [3.05, 3.63) is 35.7 Å². The molecule has 0 aliphatic carbocycles. The van der Waals surface area contributed by atoms with E-state index in [4.69, 9.17) is 9.47 Å². The van der Waals surface area contributed by atoms with Crippen LogP contribution in [0.4, 0.5) is 5.82 Å². The molecule has 0 aliphatic rings. The van der Waals surface area contributed by atoms with Crippen molar-refractivity contribution in [3.63, 3.8) is 0 Å². The summed E-state index contributed by atoms with van der Waals surface area (Å²) in [6.07, 6.45) is 0.747. The van der Waals surface area contributed by atoms with E-state index in [1.54, 1.807) is 13.2 Å². The van der Waals surface area contributed by atoms with Gasteiger partial charge in [0.25, 0.3) is 0 Å². The van der Waals surface area contributed by atoms with Crippen LogP contribution in [0.3, 0.4) is 0 Å². The van der Waals surface area contributed by atoms with Crippen LogP contribution in [0.5, 0.6) is 17.4 Å². The number of hydrogen-bond acceptors (Lipinski definition) is 5. The molecule has 0 fully saturated rings. The van der Waals surface area contributed by atoms with Gasteiger partial charge in [-0.2, -0.15) is 4.98 Å². The topological polar surface area (TPSA) is 56.3 Å². The molecule has 0 bridgehead atoms. The highest BCUT2D eigenvalue weighted by Gasteiger charge is 2.09. The standard InChI is InChI=1S/C15H19N3O2/c1-5-13-17-14(16-3)9-15(18-13)20-11-7-6-10(2)8-12(11)19-4/h6-9H,5H2,1-4H3,(H,16,17,18). The Morgan fingerprint density at radius 3 is 2.60 bits per heavy atom. The zero-order valence-electron chi connectivity index (χ0n) is 12.2. The van der Waals surface area contributed by atoms with E-state index in [-0.39, 0.29) is 0 Å². The first-order valence-corrected chi connectivity index (χ1v) is 6.54. The molecule has 0 radical (unpaired) electrons. The summed E-state index contributed by atoms with van der Waals surface area (Å²) in [7, 11) is 3.44. The molecule has 5 nitrogen and oxygen atoms in total. The van der Waals surface area contributed by atoms with E-state index < -0.39 is 0 Å². The highest BCUT2D eigenvalue weighted by Crippen LogP contribution is 2.32. The van der Waals surface area contributed by atoms with E-state index in [2.05, 4.69) is 15.3 Å². The molecule has 1 heterocycles. The van der Waals surface area contributed by atoms with Gasteiger partial charge in [-0.15, -0.1) is 0 Å². The van der Waals surface area contributed by atoms with Crippen LogP contribution >= 0.6 is 0 Å². The van der Waals surface area contributed by atoms with Crippen LogP contribution in [0.2, 0.25) is 0 Å². The maximum absolute atomic E-state index is 5.82. The second-order valence-corrected chi connectivity index (χ2v) is 4.37. The minimum atomic E-state index is 0.503. The van der Waals surface area contributed by atoms with Crippen molar-refractivity contribution in [2.45, 2.75) is 20.3 Å². The molecule has 1 N–H and O–H groups in total. The highest BCUT2D eigenvalue weighted by atomic mass is 16.5. The maximum atomic E-state index is 5.82. The third-order valence-electron chi connectivity index (χ3n) is 2.85. The summed E-state index contributed by atoms with van der Waals surface area (Å²) in [5.41, 5.74) is 1.11. The van der Waals surface area contributed by atoms with Crippen LogP contribution in [0.15, 0.2) is 24.3 Å². The van der Waals surface area contributed by atoms with Crippen LogP contribution < -0.4 is 14.8 Å². The number of aryl methyl sites for hydroxylation is 2. The smallest absolute Gasteiger partial charge is 0.224 e. The third-order valence-corrected chi connectivity index (χ3v) is 2.85. The number of methoxy groups -OCH3 is 1. The predicted molar refractivity (Wildman–Crippen MR) is 78.8 cm³/mol. The van der Waals surface area contributed by atoms with E-state index in [9.17, 15) is 0 Å². The summed E-state index contributed by atoms with van der Waals surface area (Å²) in [6.45, 7) is 4.01. The van der Waals surface area contributed by atoms with Crippen LogP contribution in [-0.4, -0.2) is 24.1 Å². The van der Waals surface area contributed by atoms with Crippen LogP contribution in [0.25, 0.3) is 0 Å². The second kappa shape index (κ2) is 6.23. The Bertz CT molecular complexity index is 577. The van der Waals surface area contributed by atoms with Crippen molar-refractivity contribution in [2.24, 2.45) is 0 Å². The number of rotatable bonds is 5. The number of ether oxygens (including phenoxy) is 2. The molecule has 106 valence electrons. The predicted octanol–water partition coefficient (Wildman–Crippen LogP) is 3.19. The van der Waals surface area contributed by atoms with Gasteiger partial charge in [0.15, 0.2) is 11.5 Å². The van der Waals surface area contributed by atoms with Crippen LogP contribution in [0.1, 0.15) is 18.3 Å². The van der Waals surface area contributed by atoms with Crippen molar-refractivity contribution < 1.29 is 9.47 Å². The Hall–Kier alpha value is -2.30. The normalized spacial score (nSPS) is 10.2. The van der Waals surface area contributed by atoms with Crippen molar-refractivity contribution in [1.82, 2.24) is 9.97 Å². The van der Waals surface area contributed by atoms with E-state index in [1.165, 1.54) is 0 Å². The molecule has 0 saturated carbocycles. The maximum Gasteiger partial charge on any atom is 0.224 e. The first-order valence-electron chi connectivity index (χ1n) is 6.54. The Labute approximate surface area is 119 Å². The first kappa shape index (κ1) is 14.1. The van der Waals surface area contributed by atoms with Gasteiger partial charge in [0, 0.05) is 19.5 Å². The fourth-order valence-corrected chi connectivity index (χ4v) is 1.78. The molecular formula is C15H19N3O2. The number of anilines is 1. The van der Waals surface area contributed by atoms with E-state index in [1.807, 2.05) is 39.1 Å². The number of hydrogen-bond donors (Lipinski definition) is 1. The number of nitrogens with zero attached hydrogens (tertiary/aromatic N) is 2. The van der Waals surface area contributed by atoms with Crippen LogP contribution in [0, 0.1) is 6.92 Å². The van der Waals surface area contributed by atoms with Gasteiger partial charge in [-0.1, -0.05) is 13.0 Å². The summed E-state index contributed by atoms with van der Waals surface area (Å²) in [5.74, 6) is 3.30. The average molecular weight is 273 g/mol. The van der Waals surface area contributed by atoms with Crippen molar-refractivity contribution >= 4 is 5.82 Å². The van der Waals surface area contributed by atoms with E-state index in [0.29, 0.717) is 17.4 Å². The van der Waals surface area contributed by atoms with Gasteiger partial charge in [-0.3, -0.25) is 0 Å². The SMILES string of the molecule is CCc1nc(NC)cc(Oc2ccc(C)cc2OC)n1. The fraction of sp³-hybridized carbons (Fsp3) is 0.333. The molecular weight excluding hydrogens is 254 g/mol.